The summed E-state index contributed by atoms with van der Waals surface area (Å²) in [6, 6.07) is 5.13. The molecule has 0 aliphatic rings. The molecule has 0 unspecified atom stereocenters. The van der Waals surface area contributed by atoms with Crippen LogP contribution in [0.5, 0.6) is 5.75 Å². The lowest BCUT2D eigenvalue weighted by Crippen LogP contribution is -2.33. The normalized spacial score (nSPS) is 11.9. The van der Waals surface area contributed by atoms with Gasteiger partial charge in [0.1, 0.15) is 11.6 Å². The topological polar surface area (TPSA) is 9.23 Å². The molecule has 0 heterocycles. The van der Waals surface area contributed by atoms with Gasteiger partial charge in [-0.3, -0.25) is 0 Å². The van der Waals surface area contributed by atoms with Crippen LogP contribution in [0.2, 0.25) is 0 Å². The minimum atomic E-state index is -4.24. The predicted octanol–water partition coefficient (Wildman–Crippen LogP) is 2.91. The predicted molar refractivity (Wildman–Crippen MR) is 41.7 cm³/mol. The maximum absolute atomic E-state index is 12.5. The van der Waals surface area contributed by atoms with Crippen molar-refractivity contribution in [2.75, 3.05) is 6.61 Å². The number of ether oxygens (including phenoxy) is 1. The van der Waals surface area contributed by atoms with Crippen LogP contribution in [0.3, 0.4) is 0 Å². The van der Waals surface area contributed by atoms with Crippen molar-refractivity contribution in [3.8, 4) is 5.75 Å². The van der Waals surface area contributed by atoms with E-state index in [0.717, 1.165) is 18.2 Å². The van der Waals surface area contributed by atoms with Crippen LogP contribution in [-0.4, -0.2) is 19.0 Å². The van der Waals surface area contributed by atoms with Crippen molar-refractivity contribution in [1.82, 2.24) is 0 Å². The number of hydrogen-bond donors (Lipinski definition) is 0. The van der Waals surface area contributed by atoms with Gasteiger partial charge in [0.05, 0.1) is 0 Å². The van der Waals surface area contributed by atoms with Crippen molar-refractivity contribution in [2.24, 2.45) is 0 Å². The Kier molecular flexibility index (Phi) is 3.49. The molecule has 0 fully saturated rings. The van der Waals surface area contributed by atoms with E-state index in [2.05, 4.69) is 10.8 Å². The molecule has 0 amide bonds. The van der Waals surface area contributed by atoms with Gasteiger partial charge in [0.2, 0.25) is 0 Å². The summed E-state index contributed by atoms with van der Waals surface area (Å²) in [7, 11) is 0. The van der Waals surface area contributed by atoms with Crippen molar-refractivity contribution in [3.05, 3.63) is 30.1 Å². The second kappa shape index (κ2) is 4.46. The van der Waals surface area contributed by atoms with E-state index in [9.17, 15) is 22.0 Å². The van der Waals surface area contributed by atoms with E-state index in [-0.39, 0.29) is 5.75 Å². The third kappa shape index (κ3) is 3.38. The molecule has 0 saturated carbocycles. The number of benzene rings is 1. The molecular formula is C9H6F5O. The second-order valence-corrected chi connectivity index (χ2v) is 2.72. The highest BCUT2D eigenvalue weighted by Gasteiger charge is 2.41. The first-order valence-corrected chi connectivity index (χ1v) is 3.88. The molecule has 1 radical (unpaired) electrons. The third-order valence-electron chi connectivity index (χ3n) is 1.49. The second-order valence-electron chi connectivity index (χ2n) is 2.72. The zero-order valence-electron chi connectivity index (χ0n) is 7.31. The van der Waals surface area contributed by atoms with E-state index < -0.39 is 24.8 Å². The molecule has 0 spiro atoms. The largest absolute Gasteiger partial charge is 0.487 e. The summed E-state index contributed by atoms with van der Waals surface area (Å²) in [6.07, 6.45) is -3.81. The van der Waals surface area contributed by atoms with Crippen LogP contribution in [0.15, 0.2) is 18.2 Å². The van der Waals surface area contributed by atoms with Crippen LogP contribution in [0.1, 0.15) is 0 Å². The van der Waals surface area contributed by atoms with Gasteiger partial charge in [0.15, 0.2) is 6.61 Å². The van der Waals surface area contributed by atoms with Gasteiger partial charge in [-0.1, -0.05) is 0 Å². The average molecular weight is 225 g/mol. The molecule has 0 saturated heterocycles. The van der Waals surface area contributed by atoms with E-state index in [4.69, 9.17) is 0 Å². The Hall–Kier alpha value is -1.33. The first kappa shape index (κ1) is 11.7. The Morgan fingerprint density at radius 2 is 2.07 bits per heavy atom. The molecule has 1 rings (SSSR count). The highest BCUT2D eigenvalue weighted by molar-refractivity contribution is 5.21. The molecule has 0 atom stereocenters. The summed E-state index contributed by atoms with van der Waals surface area (Å²) in [4.78, 5) is 0. The summed E-state index contributed by atoms with van der Waals surface area (Å²) in [5.74, 6) is -5.30. The molecule has 0 aromatic heterocycles. The Bertz CT molecular complexity index is 326. The van der Waals surface area contributed by atoms with E-state index in [1.54, 1.807) is 0 Å². The number of rotatable bonds is 4. The summed E-state index contributed by atoms with van der Waals surface area (Å²) < 4.78 is 64.9. The van der Waals surface area contributed by atoms with Gasteiger partial charge in [-0.25, -0.2) is 13.2 Å². The first-order valence-electron chi connectivity index (χ1n) is 3.88. The van der Waals surface area contributed by atoms with Crippen molar-refractivity contribution in [2.45, 2.75) is 12.3 Å². The van der Waals surface area contributed by atoms with Crippen molar-refractivity contribution < 1.29 is 26.7 Å². The lowest BCUT2D eigenvalue weighted by molar-refractivity contribution is -0.148. The summed E-state index contributed by atoms with van der Waals surface area (Å²) in [5.41, 5.74) is 0. The van der Waals surface area contributed by atoms with Gasteiger partial charge in [-0.15, -0.1) is 0 Å². The molecule has 15 heavy (non-hydrogen) atoms. The highest BCUT2D eigenvalue weighted by Crippen LogP contribution is 2.24. The maximum atomic E-state index is 12.5. The molecule has 0 aliphatic heterocycles. The van der Waals surface area contributed by atoms with Crippen LogP contribution in [0.25, 0.3) is 0 Å². The van der Waals surface area contributed by atoms with Gasteiger partial charge in [-0.2, -0.15) is 8.78 Å². The Labute approximate surface area is 82.5 Å². The molecule has 83 valence electrons. The number of hydrogen-bond acceptors (Lipinski definition) is 1. The van der Waals surface area contributed by atoms with Gasteiger partial charge < -0.3 is 4.74 Å². The maximum Gasteiger partial charge on any atom is 0.340 e. The van der Waals surface area contributed by atoms with Crippen molar-refractivity contribution >= 4 is 0 Å². The monoisotopic (exact) mass is 225 g/mol. The van der Waals surface area contributed by atoms with E-state index >= 15 is 0 Å². The standard InChI is InChI=1S/C9H6F5O/c10-6-2-1-3-7(4-6)15-5-9(13,14)8(11)12/h1,3-4,8H,5H2. The van der Waals surface area contributed by atoms with Gasteiger partial charge in [0.25, 0.3) is 0 Å². The smallest absolute Gasteiger partial charge is 0.340 e. The van der Waals surface area contributed by atoms with Gasteiger partial charge in [0, 0.05) is 12.1 Å². The van der Waals surface area contributed by atoms with E-state index in [1.807, 2.05) is 0 Å². The van der Waals surface area contributed by atoms with Crippen LogP contribution >= 0.6 is 0 Å². The zero-order chi connectivity index (χ0) is 11.5. The van der Waals surface area contributed by atoms with Gasteiger partial charge >= 0.3 is 12.3 Å². The quantitative estimate of drug-likeness (QED) is 0.716. The fourth-order valence-electron chi connectivity index (χ4n) is 0.750. The molecule has 1 nitrogen and oxygen atoms in total. The fourth-order valence-corrected chi connectivity index (χ4v) is 0.750. The Balaban J connectivity index is 2.57. The molecule has 0 N–H and O–H groups in total. The van der Waals surface area contributed by atoms with Crippen LogP contribution in [0.4, 0.5) is 22.0 Å². The summed E-state index contributed by atoms with van der Waals surface area (Å²) in [6.45, 7) is -1.49. The zero-order valence-corrected chi connectivity index (χ0v) is 7.31. The molecular weight excluding hydrogens is 219 g/mol. The minimum absolute atomic E-state index is 0.244. The molecule has 0 bridgehead atoms. The van der Waals surface area contributed by atoms with E-state index in [0.29, 0.717) is 0 Å². The van der Waals surface area contributed by atoms with Crippen molar-refractivity contribution in [1.29, 1.82) is 0 Å². The summed E-state index contributed by atoms with van der Waals surface area (Å²) >= 11 is 0. The number of alkyl halides is 4. The number of halogens is 5. The Morgan fingerprint density at radius 1 is 1.40 bits per heavy atom. The average Bonchev–Trinajstić information content (AvgIpc) is 2.15. The lowest BCUT2D eigenvalue weighted by Gasteiger charge is -2.15. The van der Waals surface area contributed by atoms with Crippen LogP contribution < -0.4 is 4.74 Å². The van der Waals surface area contributed by atoms with Crippen molar-refractivity contribution in [3.63, 3.8) is 0 Å². The fraction of sp³-hybridized carbons (Fsp3) is 0.333. The highest BCUT2D eigenvalue weighted by atomic mass is 19.3. The van der Waals surface area contributed by atoms with Gasteiger partial charge in [-0.05, 0) is 12.1 Å². The molecule has 1 aromatic carbocycles. The SMILES string of the molecule is Fc1[c]ccc(OCC(F)(F)C(F)F)c1. The van der Waals surface area contributed by atoms with Crippen LogP contribution in [-0.2, 0) is 0 Å². The Morgan fingerprint density at radius 3 is 2.60 bits per heavy atom. The molecule has 1 aromatic rings. The first-order chi connectivity index (χ1) is 6.92. The summed E-state index contributed by atoms with van der Waals surface area (Å²) in [5, 5.41) is 0. The molecule has 6 heteroatoms. The van der Waals surface area contributed by atoms with E-state index in [1.165, 1.54) is 0 Å². The third-order valence-corrected chi connectivity index (χ3v) is 1.49. The lowest BCUT2D eigenvalue weighted by atomic mass is 10.3. The van der Waals surface area contributed by atoms with Crippen LogP contribution in [0, 0.1) is 11.9 Å². The molecule has 0 aliphatic carbocycles. The minimum Gasteiger partial charge on any atom is -0.487 e.